The van der Waals surface area contributed by atoms with E-state index in [0.717, 1.165) is 47.5 Å². The summed E-state index contributed by atoms with van der Waals surface area (Å²) < 4.78 is 0.898. The molecule has 2 atom stereocenters. The highest BCUT2D eigenvalue weighted by atomic mass is 79.9. The van der Waals surface area contributed by atoms with Crippen molar-refractivity contribution in [1.82, 2.24) is 15.1 Å². The third kappa shape index (κ3) is 4.84. The highest BCUT2D eigenvalue weighted by Crippen LogP contribution is 2.25. The van der Waals surface area contributed by atoms with Gasteiger partial charge in [-0.1, -0.05) is 6.07 Å². The van der Waals surface area contributed by atoms with E-state index in [0.29, 0.717) is 6.04 Å². The van der Waals surface area contributed by atoms with E-state index in [2.05, 4.69) is 41.2 Å². The predicted molar refractivity (Wildman–Crippen MR) is 112 cm³/mol. The molecule has 6 nitrogen and oxygen atoms in total. The van der Waals surface area contributed by atoms with Crippen LogP contribution in [0.5, 0.6) is 0 Å². The van der Waals surface area contributed by atoms with Crippen molar-refractivity contribution in [2.45, 2.75) is 38.8 Å². The number of anilines is 2. The molecule has 1 saturated heterocycles. The van der Waals surface area contributed by atoms with Crippen molar-refractivity contribution in [1.29, 1.82) is 0 Å². The van der Waals surface area contributed by atoms with Crippen LogP contribution in [-0.2, 0) is 4.79 Å². The molecular formula is C20H26BrN5O. The molecule has 0 spiro atoms. The van der Waals surface area contributed by atoms with Crippen molar-refractivity contribution in [2.75, 3.05) is 30.4 Å². The molecule has 1 aromatic heterocycles. The van der Waals surface area contributed by atoms with Gasteiger partial charge in [0.25, 0.3) is 0 Å². The SMILES string of the molecule is Cc1ccc(NC(=O)C(C)N(C)CC2CCCN2c2cccnn2)c(Br)c1. The summed E-state index contributed by atoms with van der Waals surface area (Å²) in [7, 11) is 2.00. The zero-order valence-electron chi connectivity index (χ0n) is 16.0. The summed E-state index contributed by atoms with van der Waals surface area (Å²) in [4.78, 5) is 17.1. The molecule has 144 valence electrons. The van der Waals surface area contributed by atoms with Gasteiger partial charge in [0, 0.05) is 29.8 Å². The summed E-state index contributed by atoms with van der Waals surface area (Å²) in [6.07, 6.45) is 3.92. The first-order valence-electron chi connectivity index (χ1n) is 9.27. The molecule has 0 saturated carbocycles. The van der Waals surface area contributed by atoms with Gasteiger partial charge in [0.1, 0.15) is 0 Å². The van der Waals surface area contributed by atoms with Crippen molar-refractivity contribution < 1.29 is 4.79 Å². The number of rotatable bonds is 6. The zero-order chi connectivity index (χ0) is 19.4. The fraction of sp³-hybridized carbons (Fsp3) is 0.450. The van der Waals surface area contributed by atoms with Crippen LogP contribution >= 0.6 is 15.9 Å². The maximum Gasteiger partial charge on any atom is 0.241 e. The molecule has 3 rings (SSSR count). The molecule has 7 heteroatoms. The minimum atomic E-state index is -0.234. The van der Waals surface area contributed by atoms with Crippen molar-refractivity contribution in [3.8, 4) is 0 Å². The van der Waals surface area contributed by atoms with Crippen LogP contribution in [0.25, 0.3) is 0 Å². The average Bonchev–Trinajstić information content (AvgIpc) is 3.12. The van der Waals surface area contributed by atoms with E-state index in [1.54, 1.807) is 6.20 Å². The van der Waals surface area contributed by atoms with Crippen LogP contribution in [0.4, 0.5) is 11.5 Å². The van der Waals surface area contributed by atoms with Gasteiger partial charge in [0.2, 0.25) is 5.91 Å². The predicted octanol–water partition coefficient (Wildman–Crippen LogP) is 3.48. The number of hydrogen-bond donors (Lipinski definition) is 1. The molecule has 0 radical (unpaired) electrons. The van der Waals surface area contributed by atoms with Gasteiger partial charge in [-0.3, -0.25) is 9.69 Å². The van der Waals surface area contributed by atoms with E-state index < -0.39 is 0 Å². The molecule has 27 heavy (non-hydrogen) atoms. The van der Waals surface area contributed by atoms with Crippen LogP contribution in [-0.4, -0.2) is 53.2 Å². The minimum Gasteiger partial charge on any atom is -0.351 e. The van der Waals surface area contributed by atoms with Gasteiger partial charge in [0.05, 0.1) is 11.7 Å². The Hall–Kier alpha value is -1.99. The van der Waals surface area contributed by atoms with E-state index >= 15 is 0 Å². The van der Waals surface area contributed by atoms with E-state index in [9.17, 15) is 4.79 Å². The lowest BCUT2D eigenvalue weighted by molar-refractivity contribution is -0.120. The molecule has 1 N–H and O–H groups in total. The first-order chi connectivity index (χ1) is 13.0. The summed E-state index contributed by atoms with van der Waals surface area (Å²) in [6, 6.07) is 9.94. The van der Waals surface area contributed by atoms with Crippen LogP contribution < -0.4 is 10.2 Å². The fourth-order valence-corrected chi connectivity index (χ4v) is 4.02. The molecule has 1 aromatic carbocycles. The number of benzene rings is 1. The smallest absolute Gasteiger partial charge is 0.241 e. The summed E-state index contributed by atoms with van der Waals surface area (Å²) in [6.45, 7) is 5.75. The molecule has 0 bridgehead atoms. The normalized spacial score (nSPS) is 18.0. The highest BCUT2D eigenvalue weighted by molar-refractivity contribution is 9.10. The Labute approximate surface area is 169 Å². The Morgan fingerprint density at radius 1 is 1.44 bits per heavy atom. The van der Waals surface area contributed by atoms with Gasteiger partial charge in [-0.05, 0) is 79.5 Å². The second kappa shape index (κ2) is 8.80. The Morgan fingerprint density at radius 3 is 2.96 bits per heavy atom. The number of carbonyl (C=O) groups is 1. The summed E-state index contributed by atoms with van der Waals surface area (Å²) in [5, 5.41) is 11.3. The highest BCUT2D eigenvalue weighted by Gasteiger charge is 2.29. The van der Waals surface area contributed by atoms with Gasteiger partial charge >= 0.3 is 0 Å². The van der Waals surface area contributed by atoms with Gasteiger partial charge in [0.15, 0.2) is 5.82 Å². The Kier molecular flexibility index (Phi) is 6.44. The monoisotopic (exact) mass is 431 g/mol. The van der Waals surface area contributed by atoms with Gasteiger partial charge in [-0.2, -0.15) is 5.10 Å². The van der Waals surface area contributed by atoms with Crippen LogP contribution in [0.2, 0.25) is 0 Å². The molecule has 1 fully saturated rings. The first kappa shape index (κ1) is 19.8. The molecule has 2 heterocycles. The number of amides is 1. The number of aromatic nitrogens is 2. The topological polar surface area (TPSA) is 61.4 Å². The zero-order valence-corrected chi connectivity index (χ0v) is 17.6. The molecule has 2 aromatic rings. The molecule has 1 aliphatic heterocycles. The quantitative estimate of drug-likeness (QED) is 0.758. The first-order valence-corrected chi connectivity index (χ1v) is 10.1. The van der Waals surface area contributed by atoms with Crippen LogP contribution in [0.15, 0.2) is 41.0 Å². The maximum absolute atomic E-state index is 12.7. The van der Waals surface area contributed by atoms with Crippen LogP contribution in [0.3, 0.4) is 0 Å². The van der Waals surface area contributed by atoms with Gasteiger partial charge < -0.3 is 10.2 Å². The largest absolute Gasteiger partial charge is 0.351 e. The lowest BCUT2D eigenvalue weighted by Crippen LogP contribution is -2.46. The van der Waals surface area contributed by atoms with Crippen molar-refractivity contribution in [2.24, 2.45) is 0 Å². The number of aryl methyl sites for hydroxylation is 1. The fourth-order valence-electron chi connectivity index (χ4n) is 3.42. The molecule has 0 aliphatic carbocycles. The van der Waals surface area contributed by atoms with E-state index in [-0.39, 0.29) is 11.9 Å². The molecule has 2 unspecified atom stereocenters. The molecule has 1 aliphatic rings. The number of halogens is 1. The Bertz CT molecular complexity index is 785. The Morgan fingerprint density at radius 2 is 2.26 bits per heavy atom. The van der Waals surface area contributed by atoms with Gasteiger partial charge in [-0.15, -0.1) is 5.10 Å². The van der Waals surface area contributed by atoms with Crippen molar-refractivity contribution >= 4 is 33.3 Å². The third-order valence-electron chi connectivity index (χ3n) is 5.15. The lowest BCUT2D eigenvalue weighted by Gasteiger charge is -2.31. The molecular weight excluding hydrogens is 406 g/mol. The average molecular weight is 432 g/mol. The lowest BCUT2D eigenvalue weighted by atomic mass is 10.1. The summed E-state index contributed by atoms with van der Waals surface area (Å²) in [5.41, 5.74) is 1.95. The van der Waals surface area contributed by atoms with E-state index in [1.807, 2.05) is 51.2 Å². The van der Waals surface area contributed by atoms with Crippen LogP contribution in [0, 0.1) is 6.92 Å². The number of likely N-dealkylation sites (N-methyl/N-ethyl adjacent to an activating group) is 1. The second-order valence-corrected chi connectivity index (χ2v) is 8.01. The van der Waals surface area contributed by atoms with Crippen LogP contribution in [0.1, 0.15) is 25.3 Å². The summed E-state index contributed by atoms with van der Waals surface area (Å²) >= 11 is 3.52. The van der Waals surface area contributed by atoms with Crippen molar-refractivity contribution in [3.05, 3.63) is 46.6 Å². The third-order valence-corrected chi connectivity index (χ3v) is 5.81. The van der Waals surface area contributed by atoms with E-state index in [4.69, 9.17) is 0 Å². The standard InChI is InChI=1S/C20H26BrN5O/c1-14-8-9-18(17(21)12-14)23-20(27)15(2)25(3)13-16-6-5-11-26(16)19-7-4-10-22-24-19/h4,7-10,12,15-16H,5-6,11,13H2,1-3H3,(H,23,27). The Balaban J connectivity index is 1.61. The summed E-state index contributed by atoms with van der Waals surface area (Å²) in [5.74, 6) is 0.903. The number of nitrogens with zero attached hydrogens (tertiary/aromatic N) is 4. The number of carbonyl (C=O) groups excluding carboxylic acids is 1. The van der Waals surface area contributed by atoms with E-state index in [1.165, 1.54) is 0 Å². The molecule has 1 amide bonds. The van der Waals surface area contributed by atoms with Crippen molar-refractivity contribution in [3.63, 3.8) is 0 Å². The second-order valence-electron chi connectivity index (χ2n) is 7.16. The number of hydrogen-bond acceptors (Lipinski definition) is 5. The maximum atomic E-state index is 12.7. The number of nitrogens with one attached hydrogen (secondary N) is 1. The van der Waals surface area contributed by atoms with Gasteiger partial charge in [-0.25, -0.2) is 0 Å². The minimum absolute atomic E-state index is 0.00824.